The molecule has 3 nitrogen and oxygen atoms in total. The molecular weight excluding hydrogens is 439 g/mol. The minimum Gasteiger partial charge on any atom is -0.330 e. The van der Waals surface area contributed by atoms with Gasteiger partial charge < -0.3 is 17.2 Å². The van der Waals surface area contributed by atoms with E-state index < -0.39 is 0 Å². The lowest BCUT2D eigenvalue weighted by Crippen LogP contribution is -2.44. The SMILES string of the molecule is CC(C)(C)C(SSCCN)C(SSCCN)C(SSCCN)C(C)(C)C. The Hall–Kier alpha value is 1.98. The highest BCUT2D eigenvalue weighted by Gasteiger charge is 2.43. The van der Waals surface area contributed by atoms with Gasteiger partial charge in [-0.05, 0) is 10.8 Å². The molecule has 0 aliphatic rings. The van der Waals surface area contributed by atoms with Crippen molar-refractivity contribution in [3.05, 3.63) is 0 Å². The van der Waals surface area contributed by atoms with Crippen molar-refractivity contribution in [1.82, 2.24) is 0 Å². The van der Waals surface area contributed by atoms with Gasteiger partial charge in [-0.2, -0.15) is 0 Å². The van der Waals surface area contributed by atoms with Gasteiger partial charge in [-0.1, -0.05) is 106 Å². The van der Waals surface area contributed by atoms with Crippen LogP contribution in [0.15, 0.2) is 0 Å². The Labute approximate surface area is 186 Å². The second-order valence-corrected chi connectivity index (χ2v) is 16.1. The molecule has 2 atom stereocenters. The summed E-state index contributed by atoms with van der Waals surface area (Å²) in [5.41, 5.74) is 17.7. The van der Waals surface area contributed by atoms with E-state index in [0.29, 0.717) is 15.7 Å². The molecule has 0 aromatic heterocycles. The molecule has 0 aromatic rings. The third-order valence-electron chi connectivity index (χ3n) is 3.43. The van der Waals surface area contributed by atoms with Gasteiger partial charge in [0.25, 0.3) is 0 Å². The molecule has 0 heterocycles. The van der Waals surface area contributed by atoms with Crippen molar-refractivity contribution < 1.29 is 0 Å². The molecular formula is C17H39N3S6. The van der Waals surface area contributed by atoms with Crippen molar-refractivity contribution in [3.63, 3.8) is 0 Å². The predicted molar refractivity (Wildman–Crippen MR) is 138 cm³/mol. The Balaban J connectivity index is 5.52. The van der Waals surface area contributed by atoms with Gasteiger partial charge in [0.1, 0.15) is 0 Å². The second kappa shape index (κ2) is 14.9. The molecule has 0 saturated carbocycles. The van der Waals surface area contributed by atoms with Crippen LogP contribution in [0.1, 0.15) is 41.5 Å². The van der Waals surface area contributed by atoms with Crippen LogP contribution in [0.5, 0.6) is 0 Å². The zero-order valence-electron chi connectivity index (χ0n) is 17.2. The van der Waals surface area contributed by atoms with Crippen LogP contribution in [-0.2, 0) is 0 Å². The fourth-order valence-corrected chi connectivity index (χ4v) is 13.1. The van der Waals surface area contributed by atoms with Crippen LogP contribution >= 0.6 is 64.8 Å². The summed E-state index contributed by atoms with van der Waals surface area (Å²) >= 11 is 0. The minimum atomic E-state index is 0.218. The van der Waals surface area contributed by atoms with E-state index in [0.717, 1.165) is 36.9 Å². The summed E-state index contributed by atoms with van der Waals surface area (Å²) in [5, 5.41) is 1.59. The monoisotopic (exact) mass is 477 g/mol. The smallest absolute Gasteiger partial charge is 0.0416 e. The Morgan fingerprint density at radius 3 is 1.15 bits per heavy atom. The predicted octanol–water partition coefficient (Wildman–Crippen LogP) is 5.20. The Bertz CT molecular complexity index is 318. The molecule has 0 bridgehead atoms. The van der Waals surface area contributed by atoms with Crippen molar-refractivity contribution in [1.29, 1.82) is 0 Å². The number of nitrogens with two attached hydrogens (primary N) is 3. The maximum atomic E-state index is 5.75. The number of hydrogen-bond donors (Lipinski definition) is 3. The van der Waals surface area contributed by atoms with Crippen LogP contribution < -0.4 is 17.2 Å². The second-order valence-electron chi connectivity index (χ2n) is 8.16. The number of rotatable bonds is 14. The van der Waals surface area contributed by atoms with Crippen molar-refractivity contribution >= 4 is 64.8 Å². The minimum absolute atomic E-state index is 0.218. The zero-order valence-corrected chi connectivity index (χ0v) is 22.1. The summed E-state index contributed by atoms with van der Waals surface area (Å²) in [6.07, 6.45) is 0. The molecule has 9 heteroatoms. The van der Waals surface area contributed by atoms with Crippen LogP contribution in [0.4, 0.5) is 0 Å². The highest BCUT2D eigenvalue weighted by Crippen LogP contribution is 2.53. The van der Waals surface area contributed by atoms with Crippen LogP contribution in [0.25, 0.3) is 0 Å². The lowest BCUT2D eigenvalue weighted by atomic mass is 9.82. The van der Waals surface area contributed by atoms with E-state index in [1.807, 2.05) is 64.8 Å². The molecule has 0 spiro atoms. The molecule has 0 aliphatic carbocycles. The van der Waals surface area contributed by atoms with E-state index in [4.69, 9.17) is 17.2 Å². The Morgan fingerprint density at radius 2 is 0.885 bits per heavy atom. The molecule has 0 rings (SSSR count). The third-order valence-corrected chi connectivity index (χ3v) is 13.2. The van der Waals surface area contributed by atoms with E-state index >= 15 is 0 Å². The molecule has 0 saturated heterocycles. The average molecular weight is 478 g/mol. The summed E-state index contributed by atoms with van der Waals surface area (Å²) in [4.78, 5) is 0. The molecule has 0 amide bonds. The van der Waals surface area contributed by atoms with E-state index in [1.165, 1.54) is 0 Å². The van der Waals surface area contributed by atoms with Gasteiger partial charge in [-0.15, -0.1) is 0 Å². The molecule has 6 N–H and O–H groups in total. The maximum absolute atomic E-state index is 5.75. The summed E-state index contributed by atoms with van der Waals surface area (Å²) in [5.74, 6) is 3.00. The van der Waals surface area contributed by atoms with E-state index in [1.54, 1.807) is 0 Å². The van der Waals surface area contributed by atoms with Gasteiger partial charge in [-0.3, -0.25) is 0 Å². The van der Waals surface area contributed by atoms with Gasteiger partial charge in [0, 0.05) is 52.6 Å². The molecule has 158 valence electrons. The van der Waals surface area contributed by atoms with Crippen molar-refractivity contribution in [2.24, 2.45) is 28.0 Å². The highest BCUT2D eigenvalue weighted by atomic mass is 33.1. The summed E-state index contributed by atoms with van der Waals surface area (Å²) in [6, 6.07) is 0. The highest BCUT2D eigenvalue weighted by molar-refractivity contribution is 8.79. The van der Waals surface area contributed by atoms with Gasteiger partial charge in [-0.25, -0.2) is 0 Å². The standard InChI is InChI=1S/C17H39N3S6/c1-16(2,3)14(25-22-11-8-19)13(24-21-10-7-18)15(17(4,5)6)26-23-12-9-20/h13-15H,7-12,18-20H2,1-6H3. The van der Waals surface area contributed by atoms with Crippen LogP contribution in [-0.4, -0.2) is 52.6 Å². The molecule has 0 aromatic carbocycles. The summed E-state index contributed by atoms with van der Waals surface area (Å²) < 4.78 is 0. The normalized spacial score (nSPS) is 16.5. The van der Waals surface area contributed by atoms with E-state index in [2.05, 4.69) is 41.5 Å². The third kappa shape index (κ3) is 11.9. The van der Waals surface area contributed by atoms with Gasteiger partial charge >= 0.3 is 0 Å². The van der Waals surface area contributed by atoms with Crippen LogP contribution in [0.2, 0.25) is 0 Å². The molecule has 0 radical (unpaired) electrons. The Morgan fingerprint density at radius 1 is 0.577 bits per heavy atom. The van der Waals surface area contributed by atoms with E-state index in [9.17, 15) is 0 Å². The average Bonchev–Trinajstić information content (AvgIpc) is 2.52. The summed E-state index contributed by atoms with van der Waals surface area (Å²) in [7, 11) is 11.9. The molecule has 26 heavy (non-hydrogen) atoms. The first-order valence-corrected chi connectivity index (χ1v) is 16.2. The first kappa shape index (κ1) is 28.0. The lowest BCUT2D eigenvalue weighted by molar-refractivity contribution is 0.330. The summed E-state index contributed by atoms with van der Waals surface area (Å²) in [6.45, 7) is 16.4. The van der Waals surface area contributed by atoms with E-state index in [-0.39, 0.29) is 10.8 Å². The van der Waals surface area contributed by atoms with Crippen LogP contribution in [0.3, 0.4) is 0 Å². The molecule has 0 fully saturated rings. The maximum Gasteiger partial charge on any atom is 0.0416 e. The van der Waals surface area contributed by atoms with Crippen LogP contribution in [0, 0.1) is 10.8 Å². The topological polar surface area (TPSA) is 78.1 Å². The molecule has 2 unspecified atom stereocenters. The van der Waals surface area contributed by atoms with Crippen molar-refractivity contribution in [3.8, 4) is 0 Å². The van der Waals surface area contributed by atoms with Crippen molar-refractivity contribution in [2.75, 3.05) is 36.9 Å². The molecule has 0 aliphatic heterocycles. The van der Waals surface area contributed by atoms with Gasteiger partial charge in [0.05, 0.1) is 0 Å². The Kier molecular flexibility index (Phi) is 16.0. The largest absolute Gasteiger partial charge is 0.330 e. The zero-order chi connectivity index (χ0) is 20.2. The fourth-order valence-electron chi connectivity index (χ4n) is 2.16. The van der Waals surface area contributed by atoms with Crippen molar-refractivity contribution in [2.45, 2.75) is 57.3 Å². The lowest BCUT2D eigenvalue weighted by Gasteiger charge is -2.43. The quantitative estimate of drug-likeness (QED) is 0.231. The first-order chi connectivity index (χ1) is 12.1. The number of hydrogen-bond acceptors (Lipinski definition) is 9. The van der Waals surface area contributed by atoms with Gasteiger partial charge in [0.2, 0.25) is 0 Å². The first-order valence-electron chi connectivity index (χ1n) is 9.04. The fraction of sp³-hybridized carbons (Fsp3) is 1.00. The van der Waals surface area contributed by atoms with Gasteiger partial charge in [0.15, 0.2) is 0 Å².